The zero-order chi connectivity index (χ0) is 13.1. The van der Waals surface area contributed by atoms with Gasteiger partial charge >= 0.3 is 0 Å². The van der Waals surface area contributed by atoms with Gasteiger partial charge in [0.2, 0.25) is 0 Å². The number of benzene rings is 1. The SMILES string of the molecule is COc1cc(C(C)(C)C)c(O)cc1CCON. The smallest absolute Gasteiger partial charge is 0.122 e. The van der Waals surface area contributed by atoms with Crippen LogP contribution in [0.15, 0.2) is 12.1 Å². The Morgan fingerprint density at radius 2 is 1.94 bits per heavy atom. The molecule has 0 atom stereocenters. The Morgan fingerprint density at radius 3 is 2.41 bits per heavy atom. The van der Waals surface area contributed by atoms with Crippen molar-refractivity contribution >= 4 is 0 Å². The number of hydrogen-bond donors (Lipinski definition) is 2. The molecule has 1 aromatic carbocycles. The van der Waals surface area contributed by atoms with Crippen LogP contribution in [0.5, 0.6) is 11.5 Å². The van der Waals surface area contributed by atoms with E-state index < -0.39 is 0 Å². The van der Waals surface area contributed by atoms with Gasteiger partial charge in [0.05, 0.1) is 13.7 Å². The fraction of sp³-hybridized carbons (Fsp3) is 0.538. The van der Waals surface area contributed by atoms with E-state index in [1.807, 2.05) is 26.8 Å². The van der Waals surface area contributed by atoms with E-state index in [4.69, 9.17) is 10.6 Å². The third-order valence-corrected chi connectivity index (χ3v) is 2.70. The van der Waals surface area contributed by atoms with Crippen molar-refractivity contribution < 1.29 is 14.7 Å². The monoisotopic (exact) mass is 239 g/mol. The lowest BCUT2D eigenvalue weighted by molar-refractivity contribution is 0.140. The first kappa shape index (κ1) is 13.8. The summed E-state index contributed by atoms with van der Waals surface area (Å²) in [6.07, 6.45) is 0.609. The second-order valence-corrected chi connectivity index (χ2v) is 5.05. The van der Waals surface area contributed by atoms with E-state index in [2.05, 4.69) is 4.84 Å². The third kappa shape index (κ3) is 3.35. The molecule has 17 heavy (non-hydrogen) atoms. The molecule has 0 aliphatic carbocycles. The van der Waals surface area contributed by atoms with Crippen LogP contribution in [-0.4, -0.2) is 18.8 Å². The topological polar surface area (TPSA) is 64.7 Å². The molecule has 3 N–H and O–H groups in total. The summed E-state index contributed by atoms with van der Waals surface area (Å²) in [6, 6.07) is 3.60. The molecule has 96 valence electrons. The molecule has 0 saturated carbocycles. The number of ether oxygens (including phenoxy) is 1. The van der Waals surface area contributed by atoms with Gasteiger partial charge in [0, 0.05) is 17.5 Å². The van der Waals surface area contributed by atoms with Gasteiger partial charge in [-0.05, 0) is 17.5 Å². The fourth-order valence-corrected chi connectivity index (χ4v) is 1.77. The van der Waals surface area contributed by atoms with Crippen LogP contribution in [0.25, 0.3) is 0 Å². The van der Waals surface area contributed by atoms with Crippen LogP contribution in [-0.2, 0) is 16.7 Å². The van der Waals surface area contributed by atoms with Crippen molar-refractivity contribution in [3.8, 4) is 11.5 Å². The number of methoxy groups -OCH3 is 1. The molecule has 1 rings (SSSR count). The molecule has 0 unspecified atom stereocenters. The Labute approximate surface area is 102 Å². The van der Waals surface area contributed by atoms with E-state index in [0.29, 0.717) is 13.0 Å². The summed E-state index contributed by atoms with van der Waals surface area (Å²) < 4.78 is 5.33. The molecule has 0 bridgehead atoms. The molecule has 0 radical (unpaired) electrons. The molecule has 0 heterocycles. The first-order valence-corrected chi connectivity index (χ1v) is 5.62. The lowest BCUT2D eigenvalue weighted by atomic mass is 9.85. The standard InChI is InChI=1S/C13H21NO3/c1-13(2,3)10-8-12(16-4)9(5-6-17-14)7-11(10)15/h7-8,15H,5-6,14H2,1-4H3. The molecule has 0 fully saturated rings. The highest BCUT2D eigenvalue weighted by Gasteiger charge is 2.20. The van der Waals surface area contributed by atoms with Crippen LogP contribution in [0.1, 0.15) is 31.9 Å². The molecular weight excluding hydrogens is 218 g/mol. The average Bonchev–Trinajstić information content (AvgIpc) is 2.24. The fourth-order valence-electron chi connectivity index (χ4n) is 1.77. The minimum atomic E-state index is -0.125. The lowest BCUT2D eigenvalue weighted by Crippen LogP contribution is -2.12. The summed E-state index contributed by atoms with van der Waals surface area (Å²) in [5.74, 6) is 6.04. The van der Waals surface area contributed by atoms with Gasteiger partial charge in [0.25, 0.3) is 0 Å². The van der Waals surface area contributed by atoms with Gasteiger partial charge < -0.3 is 14.7 Å². The Balaban J connectivity index is 3.15. The zero-order valence-corrected chi connectivity index (χ0v) is 10.9. The Morgan fingerprint density at radius 1 is 1.29 bits per heavy atom. The van der Waals surface area contributed by atoms with Crippen molar-refractivity contribution in [1.82, 2.24) is 0 Å². The summed E-state index contributed by atoms with van der Waals surface area (Å²) in [5.41, 5.74) is 1.63. The van der Waals surface area contributed by atoms with Gasteiger partial charge in [-0.1, -0.05) is 20.8 Å². The van der Waals surface area contributed by atoms with Crippen LogP contribution in [0.2, 0.25) is 0 Å². The van der Waals surface area contributed by atoms with E-state index in [0.717, 1.165) is 16.9 Å². The van der Waals surface area contributed by atoms with E-state index in [9.17, 15) is 5.11 Å². The predicted octanol–water partition coefficient (Wildman–Crippen LogP) is 2.13. The van der Waals surface area contributed by atoms with Gasteiger partial charge in [0.15, 0.2) is 0 Å². The Hall–Kier alpha value is -1.26. The number of nitrogens with two attached hydrogens (primary N) is 1. The molecular formula is C13H21NO3. The van der Waals surface area contributed by atoms with Gasteiger partial charge in [0.1, 0.15) is 11.5 Å². The van der Waals surface area contributed by atoms with Crippen molar-refractivity contribution in [2.45, 2.75) is 32.6 Å². The van der Waals surface area contributed by atoms with Gasteiger partial charge in [-0.25, -0.2) is 5.90 Å². The van der Waals surface area contributed by atoms with Crippen molar-refractivity contribution in [2.75, 3.05) is 13.7 Å². The summed E-state index contributed by atoms with van der Waals surface area (Å²) in [5, 5.41) is 10.0. The number of phenolic OH excluding ortho intramolecular Hbond substituents is 1. The number of rotatable bonds is 4. The van der Waals surface area contributed by atoms with Gasteiger partial charge in [-0.15, -0.1) is 0 Å². The quantitative estimate of drug-likeness (QED) is 0.790. The van der Waals surface area contributed by atoms with Crippen molar-refractivity contribution in [1.29, 1.82) is 0 Å². The normalized spacial score (nSPS) is 11.6. The number of hydrogen-bond acceptors (Lipinski definition) is 4. The van der Waals surface area contributed by atoms with Gasteiger partial charge in [-0.2, -0.15) is 0 Å². The first-order valence-electron chi connectivity index (χ1n) is 5.62. The highest BCUT2D eigenvalue weighted by Crippen LogP contribution is 2.36. The molecule has 0 amide bonds. The van der Waals surface area contributed by atoms with Gasteiger partial charge in [-0.3, -0.25) is 0 Å². The van der Waals surface area contributed by atoms with Crippen LogP contribution < -0.4 is 10.6 Å². The van der Waals surface area contributed by atoms with Crippen molar-refractivity contribution in [2.24, 2.45) is 5.90 Å². The van der Waals surface area contributed by atoms with Crippen LogP contribution in [0.4, 0.5) is 0 Å². The molecule has 0 aliphatic heterocycles. The molecule has 4 heteroatoms. The van der Waals surface area contributed by atoms with Crippen molar-refractivity contribution in [3.63, 3.8) is 0 Å². The highest BCUT2D eigenvalue weighted by molar-refractivity contribution is 5.48. The number of aromatic hydroxyl groups is 1. The molecule has 0 aliphatic rings. The van der Waals surface area contributed by atoms with E-state index >= 15 is 0 Å². The second-order valence-electron chi connectivity index (χ2n) is 5.05. The molecule has 0 saturated heterocycles. The molecule has 0 aromatic heterocycles. The summed E-state index contributed by atoms with van der Waals surface area (Å²) in [4.78, 5) is 4.55. The molecule has 1 aromatic rings. The van der Waals surface area contributed by atoms with Crippen LogP contribution in [0, 0.1) is 0 Å². The van der Waals surface area contributed by atoms with E-state index in [1.165, 1.54) is 0 Å². The number of phenols is 1. The van der Waals surface area contributed by atoms with Crippen molar-refractivity contribution in [3.05, 3.63) is 23.3 Å². The minimum Gasteiger partial charge on any atom is -0.508 e. The highest BCUT2D eigenvalue weighted by atomic mass is 16.6. The minimum absolute atomic E-state index is 0.125. The Kier molecular flexibility index (Phi) is 4.37. The first-order chi connectivity index (χ1) is 7.90. The van der Waals surface area contributed by atoms with E-state index in [1.54, 1.807) is 13.2 Å². The second kappa shape index (κ2) is 5.38. The van der Waals surface area contributed by atoms with Crippen LogP contribution in [0.3, 0.4) is 0 Å². The summed E-state index contributed by atoms with van der Waals surface area (Å²) in [7, 11) is 1.62. The average molecular weight is 239 g/mol. The zero-order valence-electron chi connectivity index (χ0n) is 10.9. The Bertz CT molecular complexity index is 383. The predicted molar refractivity (Wildman–Crippen MR) is 67.2 cm³/mol. The summed E-state index contributed by atoms with van der Waals surface area (Å²) >= 11 is 0. The van der Waals surface area contributed by atoms with Crippen LogP contribution >= 0.6 is 0 Å². The maximum absolute atomic E-state index is 10.0. The maximum Gasteiger partial charge on any atom is 0.122 e. The summed E-state index contributed by atoms with van der Waals surface area (Å²) in [6.45, 7) is 6.53. The lowest BCUT2D eigenvalue weighted by Gasteiger charge is -2.22. The largest absolute Gasteiger partial charge is 0.508 e. The van der Waals surface area contributed by atoms with E-state index in [-0.39, 0.29) is 11.2 Å². The molecule has 4 nitrogen and oxygen atoms in total. The third-order valence-electron chi connectivity index (χ3n) is 2.70. The maximum atomic E-state index is 10.0. The molecule has 0 spiro atoms.